The molecule has 2 spiro atoms. The van der Waals surface area contributed by atoms with Crippen molar-refractivity contribution in [1.29, 1.82) is 0 Å². The van der Waals surface area contributed by atoms with Gasteiger partial charge >= 0.3 is 23.9 Å². The average molecular weight is 597 g/mol. The van der Waals surface area contributed by atoms with Crippen LogP contribution >= 0.6 is 0 Å². The molecule has 0 aromatic heterocycles. The van der Waals surface area contributed by atoms with Gasteiger partial charge in [0, 0.05) is 49.0 Å². The van der Waals surface area contributed by atoms with Crippen LogP contribution in [0.25, 0.3) is 0 Å². The van der Waals surface area contributed by atoms with Crippen LogP contribution < -0.4 is 0 Å². The van der Waals surface area contributed by atoms with Crippen molar-refractivity contribution in [2.45, 2.75) is 104 Å². The van der Waals surface area contributed by atoms with E-state index in [9.17, 15) is 24.3 Å². The van der Waals surface area contributed by atoms with Crippen LogP contribution in [0.1, 0.15) is 80.1 Å². The number of hydrogen-bond acceptors (Lipinski definition) is 9. The molecule has 4 fully saturated rings. The molecule has 0 radical (unpaired) electrons. The zero-order chi connectivity index (χ0) is 31.2. The first-order valence-electron chi connectivity index (χ1n) is 15.7. The Hall–Kier alpha value is -2.94. The van der Waals surface area contributed by atoms with E-state index in [4.69, 9.17) is 18.9 Å². The highest BCUT2D eigenvalue weighted by molar-refractivity contribution is 5.91. The van der Waals surface area contributed by atoms with Crippen molar-refractivity contribution in [2.75, 3.05) is 6.61 Å². The molecule has 6 aliphatic rings. The van der Waals surface area contributed by atoms with Crippen LogP contribution in [-0.2, 0) is 38.1 Å². The van der Waals surface area contributed by atoms with Gasteiger partial charge in [0.15, 0.2) is 0 Å². The van der Waals surface area contributed by atoms with Gasteiger partial charge < -0.3 is 24.1 Å². The second kappa shape index (κ2) is 10.0. The molecule has 6 rings (SSSR count). The summed E-state index contributed by atoms with van der Waals surface area (Å²) in [5, 5.41) is 11.6. The zero-order valence-corrected chi connectivity index (χ0v) is 26.1. The molecule has 1 unspecified atom stereocenters. The predicted molar refractivity (Wildman–Crippen MR) is 154 cm³/mol. The molecule has 9 nitrogen and oxygen atoms in total. The Bertz CT molecular complexity index is 1360. The van der Waals surface area contributed by atoms with Crippen LogP contribution in [0.2, 0.25) is 0 Å². The van der Waals surface area contributed by atoms with Gasteiger partial charge in [-0.3, -0.25) is 14.4 Å². The van der Waals surface area contributed by atoms with E-state index in [0.717, 1.165) is 16.7 Å². The van der Waals surface area contributed by atoms with E-state index >= 15 is 0 Å². The van der Waals surface area contributed by atoms with Crippen molar-refractivity contribution in [3.63, 3.8) is 0 Å². The van der Waals surface area contributed by atoms with E-state index in [2.05, 4.69) is 33.4 Å². The monoisotopic (exact) mass is 596 g/mol. The Labute approximate surface area is 253 Å². The first-order valence-corrected chi connectivity index (χ1v) is 15.7. The summed E-state index contributed by atoms with van der Waals surface area (Å²) in [5.41, 5.74) is 0.848. The summed E-state index contributed by atoms with van der Waals surface area (Å²) in [6, 6.07) is 0. The molecule has 2 saturated heterocycles. The number of hydrogen-bond donors (Lipinski definition) is 1. The number of aliphatic hydroxyl groups is 1. The van der Waals surface area contributed by atoms with E-state index in [1.54, 1.807) is 6.92 Å². The first-order chi connectivity index (χ1) is 20.1. The molecule has 2 saturated carbocycles. The molecular weight excluding hydrogens is 552 g/mol. The van der Waals surface area contributed by atoms with Gasteiger partial charge in [-0.25, -0.2) is 4.79 Å². The third-order valence-electron chi connectivity index (χ3n) is 11.9. The molecule has 1 N–H and O–H groups in total. The van der Waals surface area contributed by atoms with Gasteiger partial charge in [0.05, 0.1) is 17.6 Å². The third-order valence-corrected chi connectivity index (χ3v) is 11.9. The van der Waals surface area contributed by atoms with Crippen LogP contribution in [0.4, 0.5) is 0 Å². The van der Waals surface area contributed by atoms with Crippen molar-refractivity contribution in [3.8, 4) is 0 Å². The van der Waals surface area contributed by atoms with Crippen LogP contribution in [0.15, 0.2) is 34.9 Å². The normalized spacial score (nSPS) is 43.4. The minimum Gasteiger partial charge on any atom is -0.466 e. The summed E-state index contributed by atoms with van der Waals surface area (Å²) in [6.45, 7) is 15.2. The van der Waals surface area contributed by atoms with Gasteiger partial charge in [0.2, 0.25) is 0 Å². The standard InChI is InChI=1S/C34H44O9/c1-16(9-8-10-40-20(5)35)23-13-25-27(14-32(23,7)39)43-31(38)34(25)15-33-17(2)11-26-22(18(3)30(37)42-26)12-24(33)19(4)28(34)29(33)41-21(6)36/h13,16-17,22,25-29,39H,3,8-12,14-15H2,1-2,4-7H3/t16-,17-,22+,25-,26-,27+,28+,29?,32-,33-,34-/m1/s1. The quantitative estimate of drug-likeness (QED) is 0.156. The highest BCUT2D eigenvalue weighted by Crippen LogP contribution is 2.75. The highest BCUT2D eigenvalue weighted by atomic mass is 16.6. The first kappa shape index (κ1) is 30.1. The fourth-order valence-corrected chi connectivity index (χ4v) is 10.2. The number of esters is 4. The molecule has 0 amide bonds. The van der Waals surface area contributed by atoms with E-state index in [1.165, 1.54) is 13.8 Å². The van der Waals surface area contributed by atoms with Gasteiger partial charge in [-0.05, 0) is 63.4 Å². The maximum atomic E-state index is 14.2. The molecule has 0 aromatic carbocycles. The van der Waals surface area contributed by atoms with Gasteiger partial charge in [-0.15, -0.1) is 0 Å². The molecular formula is C34H44O9. The van der Waals surface area contributed by atoms with Gasteiger partial charge in [-0.1, -0.05) is 37.6 Å². The number of ether oxygens (including phenoxy) is 4. The lowest BCUT2D eigenvalue weighted by atomic mass is 9.56. The molecule has 234 valence electrons. The second-order valence-corrected chi connectivity index (χ2v) is 14.3. The van der Waals surface area contributed by atoms with E-state index in [0.29, 0.717) is 44.3 Å². The highest BCUT2D eigenvalue weighted by Gasteiger charge is 2.78. The molecule has 2 bridgehead atoms. The minimum absolute atomic E-state index is 0.00985. The number of carbonyl (C=O) groups is 4. The zero-order valence-electron chi connectivity index (χ0n) is 26.1. The van der Waals surface area contributed by atoms with Crippen molar-refractivity contribution in [1.82, 2.24) is 0 Å². The lowest BCUT2D eigenvalue weighted by molar-refractivity contribution is -0.156. The van der Waals surface area contributed by atoms with Gasteiger partial charge in [0.1, 0.15) is 18.3 Å². The molecule has 9 heteroatoms. The summed E-state index contributed by atoms with van der Waals surface area (Å²) in [5.74, 6) is -2.20. The van der Waals surface area contributed by atoms with Crippen molar-refractivity contribution < 1.29 is 43.2 Å². The second-order valence-electron chi connectivity index (χ2n) is 14.3. The molecule has 4 aliphatic carbocycles. The van der Waals surface area contributed by atoms with Crippen molar-refractivity contribution >= 4 is 23.9 Å². The molecule has 0 aromatic rings. The maximum absolute atomic E-state index is 14.2. The molecule has 43 heavy (non-hydrogen) atoms. The van der Waals surface area contributed by atoms with E-state index in [-0.39, 0.29) is 66.0 Å². The van der Waals surface area contributed by atoms with Crippen molar-refractivity contribution in [2.24, 2.45) is 40.4 Å². The Morgan fingerprint density at radius 2 is 1.88 bits per heavy atom. The number of carbonyl (C=O) groups excluding carboxylic acids is 4. The van der Waals surface area contributed by atoms with Crippen LogP contribution in [0.5, 0.6) is 0 Å². The largest absolute Gasteiger partial charge is 0.466 e. The Balaban J connectivity index is 1.42. The SMILES string of the molecule is C=C1C(=O)O[C@@H]2C[C@@H](C)[C@]34C[C@]5(C(=O)O[C@H]6C[C@@](C)(O)C([C@H](C)CCCOC(C)=O)=C[C@H]65)[C@@H](C(C)=C3C[C@@H]12)C4OC(C)=O. The van der Waals surface area contributed by atoms with E-state index < -0.39 is 28.6 Å². The average Bonchev–Trinajstić information content (AvgIpc) is 3.48. The van der Waals surface area contributed by atoms with Crippen LogP contribution in [0, 0.1) is 40.4 Å². The van der Waals surface area contributed by atoms with E-state index in [1.807, 2.05) is 0 Å². The summed E-state index contributed by atoms with van der Waals surface area (Å²) in [6.07, 6.45) is 4.07. The smallest absolute Gasteiger partial charge is 0.334 e. The fourth-order valence-electron chi connectivity index (χ4n) is 10.2. The molecule has 11 atom stereocenters. The number of rotatable bonds is 6. The Morgan fingerprint density at radius 1 is 1.16 bits per heavy atom. The predicted octanol–water partition coefficient (Wildman–Crippen LogP) is 4.37. The molecule has 2 aliphatic heterocycles. The number of fused-ring (bicyclic) bond motifs is 5. The maximum Gasteiger partial charge on any atom is 0.334 e. The lowest BCUT2D eigenvalue weighted by Crippen LogP contribution is -2.47. The summed E-state index contributed by atoms with van der Waals surface area (Å²) >= 11 is 0. The summed E-state index contributed by atoms with van der Waals surface area (Å²) < 4.78 is 23.2. The topological polar surface area (TPSA) is 125 Å². The van der Waals surface area contributed by atoms with Gasteiger partial charge in [-0.2, -0.15) is 0 Å². The Kier molecular flexibility index (Phi) is 7.03. The molecule has 2 heterocycles. The van der Waals surface area contributed by atoms with Crippen LogP contribution in [0.3, 0.4) is 0 Å². The third kappa shape index (κ3) is 4.20. The Morgan fingerprint density at radius 3 is 2.56 bits per heavy atom. The summed E-state index contributed by atoms with van der Waals surface area (Å²) in [7, 11) is 0. The van der Waals surface area contributed by atoms with Crippen LogP contribution in [-0.4, -0.2) is 59.5 Å². The minimum atomic E-state index is -1.16. The van der Waals surface area contributed by atoms with Gasteiger partial charge in [0.25, 0.3) is 0 Å². The summed E-state index contributed by atoms with van der Waals surface area (Å²) in [4.78, 5) is 50.5. The van der Waals surface area contributed by atoms with Crippen molar-refractivity contribution in [3.05, 3.63) is 34.9 Å². The fraction of sp³-hybridized carbons (Fsp3) is 0.706. The lowest BCUT2D eigenvalue weighted by Gasteiger charge is -2.44.